The monoisotopic (exact) mass is 344 g/mol. The maximum atomic E-state index is 5.32. The predicted molar refractivity (Wildman–Crippen MR) is 98.2 cm³/mol. The summed E-state index contributed by atoms with van der Waals surface area (Å²) in [6.45, 7) is 6.60. The average Bonchev–Trinajstić information content (AvgIpc) is 2.95. The van der Waals surface area contributed by atoms with E-state index in [1.807, 2.05) is 36.7 Å². The molecule has 0 atom stereocenters. The van der Waals surface area contributed by atoms with Gasteiger partial charge in [-0.25, -0.2) is 4.99 Å². The van der Waals surface area contributed by atoms with Gasteiger partial charge in [-0.1, -0.05) is 6.08 Å². The van der Waals surface area contributed by atoms with Gasteiger partial charge in [0.1, 0.15) is 12.4 Å². The lowest BCUT2D eigenvalue weighted by Crippen LogP contribution is -2.31. The Morgan fingerprint density at radius 1 is 1.28 bits per heavy atom. The molecule has 134 valence electrons. The third kappa shape index (κ3) is 4.72. The first-order valence-electron chi connectivity index (χ1n) is 7.82. The van der Waals surface area contributed by atoms with E-state index in [2.05, 4.69) is 32.4 Å². The number of aliphatic imine (C=N–C) groups is 1. The molecule has 2 rings (SSSR count). The van der Waals surface area contributed by atoms with Crippen LogP contribution < -0.4 is 20.1 Å². The zero-order valence-corrected chi connectivity index (χ0v) is 15.0. The molecular formula is C17H24N6O2. The topological polar surface area (TPSA) is 85.6 Å². The molecule has 0 unspecified atom stereocenters. The Morgan fingerprint density at radius 2 is 2.04 bits per heavy atom. The van der Waals surface area contributed by atoms with E-state index in [1.165, 1.54) is 0 Å². The SMILES string of the molecule is C=CCNC(=NCc1nnc(C)n1C)Nc1ccc(OC)c(OC)c1. The first kappa shape index (κ1) is 18.3. The summed E-state index contributed by atoms with van der Waals surface area (Å²) in [5, 5.41) is 14.6. The van der Waals surface area contributed by atoms with E-state index in [-0.39, 0.29) is 0 Å². The van der Waals surface area contributed by atoms with Gasteiger partial charge in [-0.05, 0) is 19.1 Å². The third-order valence-electron chi connectivity index (χ3n) is 3.62. The standard InChI is InChI=1S/C17H24N6O2/c1-6-9-18-17(19-11-16-22-21-12(2)23(16)3)20-13-7-8-14(24-4)15(10-13)25-5/h6-8,10H,1,9,11H2,2-5H3,(H2,18,19,20). The molecule has 1 aromatic heterocycles. The van der Waals surface area contributed by atoms with Crippen molar-refractivity contribution in [1.82, 2.24) is 20.1 Å². The molecule has 0 bridgehead atoms. The number of hydrogen-bond acceptors (Lipinski definition) is 5. The fourth-order valence-corrected chi connectivity index (χ4v) is 2.10. The molecule has 2 aromatic rings. The molecule has 0 aliphatic rings. The van der Waals surface area contributed by atoms with Gasteiger partial charge < -0.3 is 24.7 Å². The molecule has 8 heteroatoms. The van der Waals surface area contributed by atoms with Gasteiger partial charge in [0.25, 0.3) is 0 Å². The second-order valence-corrected chi connectivity index (χ2v) is 5.25. The first-order valence-corrected chi connectivity index (χ1v) is 7.82. The molecule has 8 nitrogen and oxygen atoms in total. The number of hydrogen-bond donors (Lipinski definition) is 2. The Bertz CT molecular complexity index is 754. The van der Waals surface area contributed by atoms with Gasteiger partial charge in [0.2, 0.25) is 0 Å². The average molecular weight is 344 g/mol. The van der Waals surface area contributed by atoms with Gasteiger partial charge in [-0.15, -0.1) is 16.8 Å². The van der Waals surface area contributed by atoms with Gasteiger partial charge in [0.15, 0.2) is 23.3 Å². The van der Waals surface area contributed by atoms with Gasteiger partial charge >= 0.3 is 0 Å². The second kappa shape index (κ2) is 8.72. The van der Waals surface area contributed by atoms with E-state index in [1.54, 1.807) is 20.3 Å². The summed E-state index contributed by atoms with van der Waals surface area (Å²) in [6.07, 6.45) is 1.76. The molecule has 0 spiro atoms. The lowest BCUT2D eigenvalue weighted by Gasteiger charge is -2.14. The highest BCUT2D eigenvalue weighted by molar-refractivity contribution is 5.94. The molecule has 0 fully saturated rings. The lowest BCUT2D eigenvalue weighted by molar-refractivity contribution is 0.355. The molecule has 25 heavy (non-hydrogen) atoms. The maximum absolute atomic E-state index is 5.32. The second-order valence-electron chi connectivity index (χ2n) is 5.25. The summed E-state index contributed by atoms with van der Waals surface area (Å²) in [7, 11) is 5.12. The molecule has 0 aliphatic carbocycles. The van der Waals surface area contributed by atoms with Gasteiger partial charge in [0, 0.05) is 25.3 Å². The molecule has 0 saturated heterocycles. The smallest absolute Gasteiger partial charge is 0.196 e. The zero-order chi connectivity index (χ0) is 18.2. The Kier molecular flexibility index (Phi) is 6.39. The van der Waals surface area contributed by atoms with Crippen LogP contribution in [0.5, 0.6) is 11.5 Å². The minimum atomic E-state index is 0.400. The van der Waals surface area contributed by atoms with E-state index in [0.717, 1.165) is 17.3 Å². The van der Waals surface area contributed by atoms with Crippen LogP contribution in [0.2, 0.25) is 0 Å². The van der Waals surface area contributed by atoms with E-state index in [9.17, 15) is 0 Å². The number of nitrogens with zero attached hydrogens (tertiary/aromatic N) is 4. The van der Waals surface area contributed by atoms with Crippen LogP contribution in [-0.2, 0) is 13.6 Å². The van der Waals surface area contributed by atoms with Gasteiger partial charge in [-0.2, -0.15) is 0 Å². The summed E-state index contributed by atoms with van der Waals surface area (Å²) in [5.41, 5.74) is 0.821. The van der Waals surface area contributed by atoms with Crippen molar-refractivity contribution >= 4 is 11.6 Å². The number of guanidine groups is 1. The Labute approximate surface area is 147 Å². The summed E-state index contributed by atoms with van der Waals surface area (Å²) >= 11 is 0. The largest absolute Gasteiger partial charge is 0.493 e. The first-order chi connectivity index (χ1) is 12.1. The highest BCUT2D eigenvalue weighted by Gasteiger charge is 2.08. The third-order valence-corrected chi connectivity index (χ3v) is 3.62. The fourth-order valence-electron chi connectivity index (χ4n) is 2.10. The number of anilines is 1. The van der Waals surface area contributed by atoms with Crippen molar-refractivity contribution in [2.45, 2.75) is 13.5 Å². The van der Waals surface area contributed by atoms with Crippen LogP contribution >= 0.6 is 0 Å². The molecule has 0 radical (unpaired) electrons. The van der Waals surface area contributed by atoms with Crippen molar-refractivity contribution < 1.29 is 9.47 Å². The molecule has 2 N–H and O–H groups in total. The highest BCUT2D eigenvalue weighted by Crippen LogP contribution is 2.29. The fraction of sp³-hybridized carbons (Fsp3) is 0.353. The van der Waals surface area contributed by atoms with Crippen LogP contribution in [0.3, 0.4) is 0 Å². The van der Waals surface area contributed by atoms with Crippen molar-refractivity contribution in [3.8, 4) is 11.5 Å². The lowest BCUT2D eigenvalue weighted by atomic mass is 10.3. The van der Waals surface area contributed by atoms with Crippen LogP contribution in [0.1, 0.15) is 11.6 Å². The summed E-state index contributed by atoms with van der Waals surface area (Å²) in [5.74, 6) is 3.54. The minimum Gasteiger partial charge on any atom is -0.493 e. The van der Waals surface area contributed by atoms with E-state index >= 15 is 0 Å². The number of benzene rings is 1. The van der Waals surface area contributed by atoms with Crippen LogP contribution in [0.4, 0.5) is 5.69 Å². The molecule has 0 saturated carbocycles. The van der Waals surface area contributed by atoms with E-state index in [4.69, 9.17) is 9.47 Å². The van der Waals surface area contributed by atoms with Crippen molar-refractivity contribution in [3.63, 3.8) is 0 Å². The summed E-state index contributed by atoms with van der Waals surface area (Å²) in [6, 6.07) is 5.56. The predicted octanol–water partition coefficient (Wildman–Crippen LogP) is 1.88. The Hall–Kier alpha value is -3.03. The van der Waals surface area contributed by atoms with Crippen LogP contribution in [0.25, 0.3) is 0 Å². The number of methoxy groups -OCH3 is 2. The van der Waals surface area contributed by atoms with Gasteiger partial charge in [0.05, 0.1) is 14.2 Å². The molecule has 0 aliphatic heterocycles. The summed E-state index contributed by atoms with van der Waals surface area (Å²) < 4.78 is 12.5. The Balaban J connectivity index is 2.18. The van der Waals surface area contributed by atoms with Crippen molar-refractivity contribution in [3.05, 3.63) is 42.5 Å². The molecular weight excluding hydrogens is 320 g/mol. The van der Waals surface area contributed by atoms with Crippen LogP contribution in [0, 0.1) is 6.92 Å². The van der Waals surface area contributed by atoms with E-state index in [0.29, 0.717) is 30.5 Å². The maximum Gasteiger partial charge on any atom is 0.196 e. The van der Waals surface area contributed by atoms with Crippen LogP contribution in [-0.4, -0.2) is 41.5 Å². The normalized spacial score (nSPS) is 11.1. The number of rotatable bonds is 7. The number of nitrogens with one attached hydrogen (secondary N) is 2. The molecule has 1 heterocycles. The van der Waals surface area contributed by atoms with Crippen molar-refractivity contribution in [1.29, 1.82) is 0 Å². The Morgan fingerprint density at radius 3 is 2.64 bits per heavy atom. The van der Waals surface area contributed by atoms with Gasteiger partial charge in [-0.3, -0.25) is 0 Å². The number of aryl methyl sites for hydroxylation is 1. The quantitative estimate of drug-likeness (QED) is 0.453. The zero-order valence-electron chi connectivity index (χ0n) is 15.0. The van der Waals surface area contributed by atoms with E-state index < -0.39 is 0 Å². The number of ether oxygens (including phenoxy) is 2. The highest BCUT2D eigenvalue weighted by atomic mass is 16.5. The summed E-state index contributed by atoms with van der Waals surface area (Å²) in [4.78, 5) is 4.55. The van der Waals surface area contributed by atoms with Crippen molar-refractivity contribution in [2.75, 3.05) is 26.1 Å². The van der Waals surface area contributed by atoms with Crippen molar-refractivity contribution in [2.24, 2.45) is 12.0 Å². The van der Waals surface area contributed by atoms with Crippen LogP contribution in [0.15, 0.2) is 35.8 Å². The molecule has 1 aromatic carbocycles. The number of aromatic nitrogens is 3. The molecule has 0 amide bonds. The minimum absolute atomic E-state index is 0.400.